The van der Waals surface area contributed by atoms with Gasteiger partial charge < -0.3 is 15.5 Å². The lowest BCUT2D eigenvalue weighted by Crippen LogP contribution is -2.58. The molecule has 2 saturated heterocycles. The zero-order valence-electron chi connectivity index (χ0n) is 15.5. The smallest absolute Gasteiger partial charge is 0.239 e. The Balaban J connectivity index is 1.38. The van der Waals surface area contributed by atoms with Crippen molar-refractivity contribution in [1.29, 1.82) is 5.26 Å². The molecule has 0 aromatic heterocycles. The summed E-state index contributed by atoms with van der Waals surface area (Å²) in [6.07, 6.45) is -0.523. The topological polar surface area (TPSA) is 85.2 Å². The number of rotatable bonds is 4. The lowest BCUT2D eigenvalue weighted by molar-refractivity contribution is -0.136. The van der Waals surface area contributed by atoms with Gasteiger partial charge in [-0.3, -0.25) is 9.59 Å². The lowest BCUT2D eigenvalue weighted by atomic mass is 9.90. The molecule has 2 heterocycles. The first kappa shape index (κ1) is 18.8. The highest BCUT2D eigenvalue weighted by molar-refractivity contribution is 5.93. The Kier molecular flexibility index (Phi) is 4.79. The van der Waals surface area contributed by atoms with Crippen LogP contribution < -0.4 is 10.6 Å². The summed E-state index contributed by atoms with van der Waals surface area (Å²) in [7, 11) is 0. The number of amides is 2. The van der Waals surface area contributed by atoms with Crippen molar-refractivity contribution in [2.75, 3.05) is 13.1 Å². The van der Waals surface area contributed by atoms with E-state index in [1.807, 2.05) is 0 Å². The van der Waals surface area contributed by atoms with Gasteiger partial charge in [-0.25, -0.2) is 8.78 Å². The summed E-state index contributed by atoms with van der Waals surface area (Å²) < 4.78 is 27.9. The molecule has 0 spiro atoms. The fourth-order valence-electron chi connectivity index (χ4n) is 4.74. The fraction of sp³-hybridized carbons (Fsp3) is 0.550. The Labute approximate surface area is 161 Å². The fourth-order valence-corrected chi connectivity index (χ4v) is 4.74. The van der Waals surface area contributed by atoms with E-state index >= 15 is 0 Å². The van der Waals surface area contributed by atoms with Gasteiger partial charge in [0.1, 0.15) is 18.5 Å². The Morgan fingerprint density at radius 1 is 1.43 bits per heavy atom. The van der Waals surface area contributed by atoms with E-state index in [4.69, 9.17) is 5.26 Å². The Hall–Kier alpha value is -2.53. The first-order chi connectivity index (χ1) is 13.4. The van der Waals surface area contributed by atoms with E-state index < -0.39 is 18.3 Å². The third-order valence-corrected chi connectivity index (χ3v) is 6.12. The van der Waals surface area contributed by atoms with Crippen molar-refractivity contribution in [2.24, 2.45) is 5.92 Å². The van der Waals surface area contributed by atoms with Crippen LogP contribution in [0, 0.1) is 23.1 Å². The van der Waals surface area contributed by atoms with Crippen molar-refractivity contribution >= 4 is 11.8 Å². The molecule has 28 heavy (non-hydrogen) atoms. The summed E-state index contributed by atoms with van der Waals surface area (Å²) in [5.74, 6) is -1.54. The number of piperidine rings is 1. The molecule has 2 fully saturated rings. The van der Waals surface area contributed by atoms with Crippen LogP contribution in [0.25, 0.3) is 0 Å². The van der Waals surface area contributed by atoms with Crippen LogP contribution in [-0.4, -0.2) is 48.1 Å². The molecule has 148 valence electrons. The van der Waals surface area contributed by atoms with Gasteiger partial charge in [0.05, 0.1) is 30.0 Å². The van der Waals surface area contributed by atoms with E-state index in [9.17, 15) is 18.4 Å². The Morgan fingerprint density at radius 2 is 2.21 bits per heavy atom. The zero-order chi connectivity index (χ0) is 20.0. The molecule has 8 heteroatoms. The molecule has 0 saturated carbocycles. The summed E-state index contributed by atoms with van der Waals surface area (Å²) in [4.78, 5) is 26.6. The van der Waals surface area contributed by atoms with Crippen LogP contribution in [-0.2, 0) is 9.59 Å². The number of nitrogens with zero attached hydrogens (tertiary/aromatic N) is 2. The molecule has 1 aromatic carbocycles. The van der Waals surface area contributed by atoms with Gasteiger partial charge in [0.2, 0.25) is 11.8 Å². The van der Waals surface area contributed by atoms with Gasteiger partial charge in [0, 0.05) is 12.6 Å². The second kappa shape index (κ2) is 7.13. The van der Waals surface area contributed by atoms with Crippen molar-refractivity contribution in [3.8, 4) is 6.07 Å². The number of hydrogen-bond donors (Lipinski definition) is 2. The maximum atomic E-state index is 14.3. The van der Waals surface area contributed by atoms with E-state index in [0.29, 0.717) is 13.0 Å². The summed E-state index contributed by atoms with van der Waals surface area (Å²) in [5.41, 5.74) is 1.62. The van der Waals surface area contributed by atoms with Crippen LogP contribution in [0.4, 0.5) is 8.78 Å². The molecule has 1 aliphatic carbocycles. The molecule has 2 N–H and O–H groups in total. The van der Waals surface area contributed by atoms with Crippen LogP contribution in [0.5, 0.6) is 0 Å². The number of nitrogens with one attached hydrogen (secondary N) is 2. The Bertz CT molecular complexity index is 855. The largest absolute Gasteiger partial charge is 0.350 e. The maximum absolute atomic E-state index is 14.3. The number of benzene rings is 1. The van der Waals surface area contributed by atoms with Gasteiger partial charge in [0.25, 0.3) is 0 Å². The predicted octanol–water partition coefficient (Wildman–Crippen LogP) is 1.54. The Morgan fingerprint density at radius 3 is 2.93 bits per heavy atom. The van der Waals surface area contributed by atoms with Crippen LogP contribution in [0.1, 0.15) is 42.9 Å². The van der Waals surface area contributed by atoms with Crippen molar-refractivity contribution in [3.63, 3.8) is 0 Å². The zero-order valence-corrected chi connectivity index (χ0v) is 15.5. The van der Waals surface area contributed by atoms with Crippen LogP contribution in [0.3, 0.4) is 0 Å². The molecule has 4 rings (SSSR count). The summed E-state index contributed by atoms with van der Waals surface area (Å²) in [6.45, 7) is 1.96. The van der Waals surface area contributed by atoms with Gasteiger partial charge in [0.15, 0.2) is 0 Å². The monoisotopic (exact) mass is 388 g/mol. The number of carbonyl (C=O) groups is 2. The number of alkyl halides is 1. The highest BCUT2D eigenvalue weighted by Crippen LogP contribution is 2.50. The summed E-state index contributed by atoms with van der Waals surface area (Å²) >= 11 is 0. The molecule has 6 atom stereocenters. The van der Waals surface area contributed by atoms with Crippen molar-refractivity contribution in [2.45, 2.75) is 50.0 Å². The highest BCUT2D eigenvalue weighted by Gasteiger charge is 2.49. The molecular weight excluding hydrogens is 366 g/mol. The van der Waals surface area contributed by atoms with Crippen LogP contribution >= 0.6 is 0 Å². The van der Waals surface area contributed by atoms with Gasteiger partial charge in [-0.2, -0.15) is 5.26 Å². The number of hydrogen-bond acceptors (Lipinski definition) is 4. The van der Waals surface area contributed by atoms with Crippen LogP contribution in [0.15, 0.2) is 18.2 Å². The minimum atomic E-state index is -1.23. The van der Waals surface area contributed by atoms with E-state index in [2.05, 4.69) is 16.7 Å². The minimum Gasteiger partial charge on any atom is -0.350 e. The predicted molar refractivity (Wildman–Crippen MR) is 96.2 cm³/mol. The molecule has 6 nitrogen and oxygen atoms in total. The maximum Gasteiger partial charge on any atom is 0.239 e. The SMILES string of the molecule is C[C@@H](NC(=O)CN1C(=O)C2C[C@H]1c1cc(F)ccc12)C1NCC(C#N)CC1F. The van der Waals surface area contributed by atoms with Gasteiger partial charge >= 0.3 is 0 Å². The average Bonchev–Trinajstić information content (AvgIpc) is 3.17. The third kappa shape index (κ3) is 3.14. The van der Waals surface area contributed by atoms with Crippen LogP contribution in [0.2, 0.25) is 0 Å². The van der Waals surface area contributed by atoms with E-state index in [1.165, 1.54) is 17.0 Å². The quantitative estimate of drug-likeness (QED) is 0.820. The molecule has 2 bridgehead atoms. The molecule has 3 aliphatic rings. The second-order valence-corrected chi connectivity index (χ2v) is 7.91. The van der Waals surface area contributed by atoms with Gasteiger partial charge in [-0.05, 0) is 43.0 Å². The number of likely N-dealkylation sites (tertiary alicyclic amines) is 1. The highest BCUT2D eigenvalue weighted by atomic mass is 19.1. The molecule has 4 unspecified atom stereocenters. The average molecular weight is 388 g/mol. The van der Waals surface area contributed by atoms with Crippen molar-refractivity contribution in [3.05, 3.63) is 35.1 Å². The number of fused-ring (bicyclic) bond motifs is 5. The van der Waals surface area contributed by atoms with E-state index in [-0.39, 0.29) is 48.5 Å². The molecule has 0 radical (unpaired) electrons. The van der Waals surface area contributed by atoms with E-state index in [0.717, 1.165) is 11.1 Å². The first-order valence-corrected chi connectivity index (χ1v) is 9.55. The molecule has 2 aliphatic heterocycles. The standard InChI is InChI=1S/C20H22F2N4O2/c1-10(19-16(22)4-11(7-23)8-24-19)25-18(27)9-26-17-6-15(20(26)28)13-3-2-12(21)5-14(13)17/h2-3,5,10-11,15-17,19,24H,4,6,8-9H2,1H3,(H,25,27)/t10-,11?,15?,16?,17+,19?/m1/s1. The number of nitriles is 1. The third-order valence-electron chi connectivity index (χ3n) is 6.12. The number of carbonyl (C=O) groups excluding carboxylic acids is 2. The van der Waals surface area contributed by atoms with Crippen molar-refractivity contribution in [1.82, 2.24) is 15.5 Å². The number of halogens is 2. The minimum absolute atomic E-state index is 0.122. The van der Waals surface area contributed by atoms with Gasteiger partial charge in [-0.15, -0.1) is 0 Å². The molecule has 2 amide bonds. The van der Waals surface area contributed by atoms with E-state index in [1.54, 1.807) is 13.0 Å². The second-order valence-electron chi connectivity index (χ2n) is 7.91. The van der Waals surface area contributed by atoms with Gasteiger partial charge in [-0.1, -0.05) is 6.07 Å². The first-order valence-electron chi connectivity index (χ1n) is 9.55. The van der Waals surface area contributed by atoms with Crippen molar-refractivity contribution < 1.29 is 18.4 Å². The molecule has 1 aromatic rings. The molecular formula is C20H22F2N4O2. The summed E-state index contributed by atoms with van der Waals surface area (Å²) in [5, 5.41) is 14.7. The lowest BCUT2D eigenvalue weighted by Gasteiger charge is -2.35. The summed E-state index contributed by atoms with van der Waals surface area (Å²) in [6, 6.07) is 5.15. The normalized spacial score (nSPS) is 32.0.